The highest BCUT2D eigenvalue weighted by molar-refractivity contribution is 5.98. The standard InChI is InChI=1S/C23H27N3O3.ClH/c1-23(9-11-24-12-10-23)15-25-21(27)17-6-4-7-18(13-17)26-22(28)20-14-16-5-2-3-8-19(16)29-20;/h2-8,13,20,24H,9-12,14-15H2,1H3,(H,25,27)(H,26,28);1H. The van der Waals surface area contributed by atoms with Crippen LogP contribution in [-0.2, 0) is 11.2 Å². The van der Waals surface area contributed by atoms with Crippen LogP contribution in [0.3, 0.4) is 0 Å². The quantitative estimate of drug-likeness (QED) is 0.682. The third kappa shape index (κ3) is 5.12. The summed E-state index contributed by atoms with van der Waals surface area (Å²) in [6, 6.07) is 14.7. The van der Waals surface area contributed by atoms with Crippen molar-refractivity contribution in [1.82, 2.24) is 10.6 Å². The number of fused-ring (bicyclic) bond motifs is 1. The number of piperidine rings is 1. The molecule has 2 aromatic rings. The van der Waals surface area contributed by atoms with Gasteiger partial charge in [0.05, 0.1) is 0 Å². The third-order valence-corrected chi connectivity index (χ3v) is 5.82. The fraction of sp³-hybridized carbons (Fsp3) is 0.391. The Morgan fingerprint density at radius 3 is 2.67 bits per heavy atom. The van der Waals surface area contributed by atoms with Gasteiger partial charge < -0.3 is 20.7 Å². The molecule has 0 radical (unpaired) electrons. The highest BCUT2D eigenvalue weighted by atomic mass is 35.5. The number of anilines is 1. The van der Waals surface area contributed by atoms with E-state index in [2.05, 4.69) is 22.9 Å². The van der Waals surface area contributed by atoms with Gasteiger partial charge in [0.1, 0.15) is 5.75 Å². The van der Waals surface area contributed by atoms with E-state index >= 15 is 0 Å². The average molecular weight is 430 g/mol. The summed E-state index contributed by atoms with van der Waals surface area (Å²) >= 11 is 0. The lowest BCUT2D eigenvalue weighted by Gasteiger charge is -2.34. The Hall–Kier alpha value is -2.57. The molecule has 4 rings (SSSR count). The Bertz CT molecular complexity index is 887. The van der Waals surface area contributed by atoms with Crippen molar-refractivity contribution in [2.24, 2.45) is 5.41 Å². The molecular formula is C23H28ClN3O3. The first-order chi connectivity index (χ1) is 14.0. The van der Waals surface area contributed by atoms with E-state index in [-0.39, 0.29) is 29.6 Å². The molecule has 6 nitrogen and oxygen atoms in total. The zero-order valence-electron chi connectivity index (χ0n) is 17.1. The molecule has 2 aromatic carbocycles. The molecule has 2 amide bonds. The van der Waals surface area contributed by atoms with E-state index in [1.54, 1.807) is 24.3 Å². The normalized spacial score (nSPS) is 19.0. The number of amides is 2. The second kappa shape index (κ2) is 9.49. The monoisotopic (exact) mass is 429 g/mol. The molecule has 7 heteroatoms. The van der Waals surface area contributed by atoms with Crippen molar-refractivity contribution in [3.63, 3.8) is 0 Å². The number of para-hydroxylation sites is 1. The Morgan fingerprint density at radius 2 is 1.90 bits per heavy atom. The molecule has 1 atom stereocenters. The van der Waals surface area contributed by atoms with Crippen LogP contribution in [-0.4, -0.2) is 37.6 Å². The molecule has 1 saturated heterocycles. The number of halogens is 1. The minimum atomic E-state index is -0.551. The second-order valence-corrected chi connectivity index (χ2v) is 8.23. The summed E-state index contributed by atoms with van der Waals surface area (Å²) in [5.41, 5.74) is 2.29. The van der Waals surface area contributed by atoms with Gasteiger partial charge >= 0.3 is 0 Å². The first-order valence-corrected chi connectivity index (χ1v) is 10.2. The van der Waals surface area contributed by atoms with E-state index in [0.717, 1.165) is 37.2 Å². The van der Waals surface area contributed by atoms with Crippen molar-refractivity contribution in [3.05, 3.63) is 59.7 Å². The molecule has 1 fully saturated rings. The van der Waals surface area contributed by atoms with Gasteiger partial charge in [0.25, 0.3) is 11.8 Å². The molecule has 0 saturated carbocycles. The Balaban J connectivity index is 0.00000256. The fourth-order valence-electron chi connectivity index (χ4n) is 3.89. The van der Waals surface area contributed by atoms with Crippen molar-refractivity contribution in [2.75, 3.05) is 25.0 Å². The molecule has 160 valence electrons. The number of carbonyl (C=O) groups is 2. The molecule has 0 spiro atoms. The van der Waals surface area contributed by atoms with Crippen molar-refractivity contribution in [2.45, 2.75) is 32.3 Å². The molecule has 2 aliphatic heterocycles. The van der Waals surface area contributed by atoms with E-state index in [9.17, 15) is 9.59 Å². The zero-order chi connectivity index (χ0) is 20.3. The lowest BCUT2D eigenvalue weighted by Crippen LogP contribution is -2.42. The van der Waals surface area contributed by atoms with Crippen LogP contribution in [0.1, 0.15) is 35.7 Å². The third-order valence-electron chi connectivity index (χ3n) is 5.82. The van der Waals surface area contributed by atoms with Gasteiger partial charge in [0, 0.05) is 24.2 Å². The Kier molecular flexibility index (Phi) is 7.00. The summed E-state index contributed by atoms with van der Waals surface area (Å²) in [6.45, 7) is 4.84. The predicted octanol–water partition coefficient (Wildman–Crippen LogP) is 3.17. The van der Waals surface area contributed by atoms with Gasteiger partial charge in [-0.05, 0) is 61.2 Å². The van der Waals surface area contributed by atoms with Crippen LogP contribution in [0.4, 0.5) is 5.69 Å². The maximum Gasteiger partial charge on any atom is 0.265 e. The molecular weight excluding hydrogens is 402 g/mol. The first-order valence-electron chi connectivity index (χ1n) is 10.2. The molecule has 2 heterocycles. The van der Waals surface area contributed by atoms with Gasteiger partial charge in [-0.1, -0.05) is 31.2 Å². The van der Waals surface area contributed by atoms with Crippen LogP contribution in [0.5, 0.6) is 5.75 Å². The van der Waals surface area contributed by atoms with Gasteiger partial charge in [-0.25, -0.2) is 0 Å². The SMILES string of the molecule is CC1(CNC(=O)c2cccc(NC(=O)C3Cc4ccccc4O3)c2)CCNCC1.Cl. The zero-order valence-corrected chi connectivity index (χ0v) is 17.9. The number of rotatable bonds is 5. The van der Waals surface area contributed by atoms with Crippen molar-refractivity contribution >= 4 is 29.9 Å². The highest BCUT2D eigenvalue weighted by Gasteiger charge is 2.29. The summed E-state index contributed by atoms with van der Waals surface area (Å²) in [7, 11) is 0. The van der Waals surface area contributed by atoms with Gasteiger partial charge in [-0.3, -0.25) is 9.59 Å². The van der Waals surface area contributed by atoms with Crippen molar-refractivity contribution in [1.29, 1.82) is 0 Å². The summed E-state index contributed by atoms with van der Waals surface area (Å²) in [6.07, 6.45) is 2.10. The van der Waals surface area contributed by atoms with Crippen LogP contribution >= 0.6 is 12.4 Å². The summed E-state index contributed by atoms with van der Waals surface area (Å²) in [4.78, 5) is 25.2. The van der Waals surface area contributed by atoms with Gasteiger partial charge in [-0.15, -0.1) is 12.4 Å². The summed E-state index contributed by atoms with van der Waals surface area (Å²) in [5.74, 6) is 0.429. The lowest BCUT2D eigenvalue weighted by atomic mass is 9.81. The number of hydrogen-bond donors (Lipinski definition) is 3. The maximum atomic E-state index is 12.6. The van der Waals surface area contributed by atoms with E-state index in [0.29, 0.717) is 24.2 Å². The average Bonchev–Trinajstić information content (AvgIpc) is 3.17. The van der Waals surface area contributed by atoms with Crippen molar-refractivity contribution < 1.29 is 14.3 Å². The fourth-order valence-corrected chi connectivity index (χ4v) is 3.89. The van der Waals surface area contributed by atoms with E-state index in [4.69, 9.17) is 4.74 Å². The first kappa shape index (κ1) is 22.1. The molecule has 0 bridgehead atoms. The van der Waals surface area contributed by atoms with Gasteiger partial charge in [0.15, 0.2) is 6.10 Å². The number of benzene rings is 2. The molecule has 0 aromatic heterocycles. The molecule has 0 aliphatic carbocycles. The number of carbonyl (C=O) groups excluding carboxylic acids is 2. The molecule has 3 N–H and O–H groups in total. The minimum Gasteiger partial charge on any atom is -0.480 e. The van der Waals surface area contributed by atoms with Crippen LogP contribution in [0, 0.1) is 5.41 Å². The van der Waals surface area contributed by atoms with E-state index < -0.39 is 6.10 Å². The highest BCUT2D eigenvalue weighted by Crippen LogP contribution is 2.29. The summed E-state index contributed by atoms with van der Waals surface area (Å²) < 4.78 is 5.74. The van der Waals surface area contributed by atoms with Crippen LogP contribution in [0.25, 0.3) is 0 Å². The van der Waals surface area contributed by atoms with Gasteiger partial charge in [-0.2, -0.15) is 0 Å². The topological polar surface area (TPSA) is 79.5 Å². The minimum absolute atomic E-state index is 0. The lowest BCUT2D eigenvalue weighted by molar-refractivity contribution is -0.122. The Labute approximate surface area is 183 Å². The number of ether oxygens (including phenoxy) is 1. The van der Waals surface area contributed by atoms with Crippen LogP contribution in [0.15, 0.2) is 48.5 Å². The summed E-state index contributed by atoms with van der Waals surface area (Å²) in [5, 5.41) is 9.28. The molecule has 1 unspecified atom stereocenters. The maximum absolute atomic E-state index is 12.6. The predicted molar refractivity (Wildman–Crippen MR) is 119 cm³/mol. The number of nitrogens with one attached hydrogen (secondary N) is 3. The Morgan fingerprint density at radius 1 is 1.13 bits per heavy atom. The van der Waals surface area contributed by atoms with E-state index in [1.807, 2.05) is 24.3 Å². The number of hydrogen-bond acceptors (Lipinski definition) is 4. The van der Waals surface area contributed by atoms with Crippen LogP contribution < -0.4 is 20.7 Å². The largest absolute Gasteiger partial charge is 0.480 e. The molecule has 30 heavy (non-hydrogen) atoms. The van der Waals surface area contributed by atoms with Crippen molar-refractivity contribution in [3.8, 4) is 5.75 Å². The molecule has 2 aliphatic rings. The van der Waals surface area contributed by atoms with E-state index in [1.165, 1.54) is 0 Å². The van der Waals surface area contributed by atoms with Gasteiger partial charge in [0.2, 0.25) is 0 Å². The van der Waals surface area contributed by atoms with Crippen LogP contribution in [0.2, 0.25) is 0 Å². The second-order valence-electron chi connectivity index (χ2n) is 8.23. The smallest absolute Gasteiger partial charge is 0.265 e.